The molecule has 1 aromatic heterocycles. The lowest BCUT2D eigenvalue weighted by Gasteiger charge is -2.10. The van der Waals surface area contributed by atoms with Crippen molar-refractivity contribution < 1.29 is 18.3 Å². The van der Waals surface area contributed by atoms with Gasteiger partial charge in [0.15, 0.2) is 4.77 Å². The number of aromatic amines is 1. The van der Waals surface area contributed by atoms with Crippen molar-refractivity contribution in [1.82, 2.24) is 9.55 Å². The quantitative estimate of drug-likeness (QED) is 0.663. The molecule has 3 aromatic rings. The summed E-state index contributed by atoms with van der Waals surface area (Å²) in [6, 6.07) is 14.9. The Morgan fingerprint density at radius 1 is 1.16 bits per heavy atom. The molecule has 0 saturated heterocycles. The lowest BCUT2D eigenvalue weighted by molar-refractivity contribution is -0.0497. The Balaban J connectivity index is 1.87. The van der Waals surface area contributed by atoms with Crippen molar-refractivity contribution in [3.8, 4) is 11.4 Å². The molecule has 0 bridgehead atoms. The Morgan fingerprint density at radius 2 is 1.92 bits per heavy atom. The smallest absolute Gasteiger partial charge is 0.387 e. The molecule has 5 nitrogen and oxygen atoms in total. The number of benzene rings is 2. The number of aromatic nitrogens is 2. The Kier molecular flexibility index (Phi) is 4.90. The summed E-state index contributed by atoms with van der Waals surface area (Å²) in [4.78, 5) is 15.4. The summed E-state index contributed by atoms with van der Waals surface area (Å²) in [5.41, 5.74) is 1.35. The number of imidazole rings is 1. The highest BCUT2D eigenvalue weighted by Gasteiger charge is 2.15. The number of carbonyl (C=O) groups is 1. The fourth-order valence-electron chi connectivity index (χ4n) is 2.31. The van der Waals surface area contributed by atoms with E-state index in [1.165, 1.54) is 24.4 Å². The Labute approximate surface area is 146 Å². The van der Waals surface area contributed by atoms with Crippen LogP contribution in [0.4, 0.5) is 14.5 Å². The highest BCUT2D eigenvalue weighted by molar-refractivity contribution is 7.71. The minimum Gasteiger partial charge on any atom is -0.435 e. The number of hydrogen-bond donors (Lipinski definition) is 2. The molecule has 8 heteroatoms. The number of nitrogens with zero attached hydrogens (tertiary/aromatic N) is 1. The fourth-order valence-corrected chi connectivity index (χ4v) is 2.58. The van der Waals surface area contributed by atoms with E-state index in [0.29, 0.717) is 10.5 Å². The van der Waals surface area contributed by atoms with Gasteiger partial charge in [0.25, 0.3) is 5.91 Å². The van der Waals surface area contributed by atoms with Crippen molar-refractivity contribution in [2.24, 2.45) is 0 Å². The van der Waals surface area contributed by atoms with Gasteiger partial charge < -0.3 is 15.0 Å². The first-order chi connectivity index (χ1) is 12.0. The van der Waals surface area contributed by atoms with Crippen molar-refractivity contribution in [1.29, 1.82) is 0 Å². The highest BCUT2D eigenvalue weighted by Crippen LogP contribution is 2.20. The van der Waals surface area contributed by atoms with Crippen molar-refractivity contribution in [2.75, 3.05) is 5.32 Å². The lowest BCUT2D eigenvalue weighted by Crippen LogP contribution is -2.16. The lowest BCUT2D eigenvalue weighted by atomic mass is 10.2. The van der Waals surface area contributed by atoms with Gasteiger partial charge >= 0.3 is 6.61 Å². The van der Waals surface area contributed by atoms with Gasteiger partial charge in [0.1, 0.15) is 11.4 Å². The van der Waals surface area contributed by atoms with Crippen molar-refractivity contribution in [3.63, 3.8) is 0 Å². The highest BCUT2D eigenvalue weighted by atomic mass is 32.1. The Hall–Kier alpha value is -3.00. The van der Waals surface area contributed by atoms with E-state index >= 15 is 0 Å². The molecule has 0 atom stereocenters. The fraction of sp³-hybridized carbons (Fsp3) is 0.0588. The molecule has 2 aromatic carbocycles. The predicted molar refractivity (Wildman–Crippen MR) is 92.0 cm³/mol. The average Bonchev–Trinajstić information content (AvgIpc) is 2.97. The van der Waals surface area contributed by atoms with Crippen molar-refractivity contribution in [3.05, 3.63) is 71.3 Å². The van der Waals surface area contributed by atoms with Gasteiger partial charge in [0.2, 0.25) is 0 Å². The van der Waals surface area contributed by atoms with Gasteiger partial charge in [-0.1, -0.05) is 24.3 Å². The number of ether oxygens (including phenoxy) is 1. The maximum atomic E-state index is 12.6. The molecule has 0 unspecified atom stereocenters. The van der Waals surface area contributed by atoms with E-state index in [9.17, 15) is 13.6 Å². The Bertz CT molecular complexity index is 938. The molecule has 0 radical (unpaired) electrons. The average molecular weight is 361 g/mol. The van der Waals surface area contributed by atoms with Crippen LogP contribution in [0.3, 0.4) is 0 Å². The van der Waals surface area contributed by atoms with E-state index in [4.69, 9.17) is 12.2 Å². The van der Waals surface area contributed by atoms with Gasteiger partial charge in [0, 0.05) is 23.6 Å². The maximum Gasteiger partial charge on any atom is 0.387 e. The molecule has 0 aliphatic carbocycles. The summed E-state index contributed by atoms with van der Waals surface area (Å²) in [6.45, 7) is -2.93. The van der Waals surface area contributed by atoms with Crippen LogP contribution in [0.1, 0.15) is 10.5 Å². The molecule has 0 aliphatic heterocycles. The third-order valence-electron chi connectivity index (χ3n) is 3.34. The van der Waals surface area contributed by atoms with Gasteiger partial charge in [0.05, 0.1) is 0 Å². The SMILES string of the molecule is O=C(Nc1cccc(OC(F)F)c1)c1c[nH]c(=S)n1-c1ccccc1. The minimum atomic E-state index is -2.93. The Morgan fingerprint density at radius 3 is 2.64 bits per heavy atom. The van der Waals surface area contributed by atoms with Gasteiger partial charge in [-0.2, -0.15) is 8.78 Å². The number of H-pyrrole nitrogens is 1. The summed E-state index contributed by atoms with van der Waals surface area (Å²) in [5.74, 6) is -0.479. The van der Waals surface area contributed by atoms with Gasteiger partial charge in [-0.25, -0.2) is 0 Å². The standard InChI is InChI=1S/C17H13F2N3O2S/c18-16(19)24-13-8-4-5-11(9-13)21-15(23)14-10-20-17(25)22(14)12-6-2-1-3-7-12/h1-10,16H,(H,20,25)(H,21,23). The van der Waals surface area contributed by atoms with Crippen LogP contribution in [0.25, 0.3) is 5.69 Å². The summed E-state index contributed by atoms with van der Waals surface area (Å²) >= 11 is 5.23. The zero-order valence-electron chi connectivity index (χ0n) is 12.8. The summed E-state index contributed by atoms with van der Waals surface area (Å²) in [6.07, 6.45) is 1.49. The molecule has 128 valence electrons. The van der Waals surface area contributed by atoms with E-state index in [1.54, 1.807) is 10.6 Å². The molecule has 0 spiro atoms. The van der Waals surface area contributed by atoms with Crippen LogP contribution in [0.15, 0.2) is 60.8 Å². The molecule has 0 saturated carbocycles. The van der Waals surface area contributed by atoms with Crippen LogP contribution in [0.5, 0.6) is 5.75 Å². The second-order valence-corrected chi connectivity index (χ2v) is 5.40. The van der Waals surface area contributed by atoms with Crippen LogP contribution in [-0.4, -0.2) is 22.1 Å². The van der Waals surface area contributed by atoms with E-state index < -0.39 is 12.5 Å². The number of para-hydroxylation sites is 1. The normalized spacial score (nSPS) is 10.7. The predicted octanol–water partition coefficient (Wildman–Crippen LogP) is 4.39. The molecule has 0 aliphatic rings. The van der Waals surface area contributed by atoms with Crippen LogP contribution in [0.2, 0.25) is 0 Å². The first-order valence-electron chi connectivity index (χ1n) is 7.26. The van der Waals surface area contributed by atoms with Gasteiger partial charge in [-0.05, 0) is 36.5 Å². The molecule has 2 N–H and O–H groups in total. The largest absolute Gasteiger partial charge is 0.435 e. The number of halogens is 2. The number of rotatable bonds is 5. The summed E-state index contributed by atoms with van der Waals surface area (Å²) < 4.78 is 30.9. The third-order valence-corrected chi connectivity index (χ3v) is 3.64. The molecule has 3 rings (SSSR count). The first-order valence-corrected chi connectivity index (χ1v) is 7.67. The number of anilines is 1. The maximum absolute atomic E-state index is 12.6. The second-order valence-electron chi connectivity index (χ2n) is 5.01. The topological polar surface area (TPSA) is 59.0 Å². The number of hydrogen-bond acceptors (Lipinski definition) is 3. The monoisotopic (exact) mass is 361 g/mol. The van der Waals surface area contributed by atoms with E-state index in [1.807, 2.05) is 30.3 Å². The number of alkyl halides is 2. The molecule has 1 heterocycles. The van der Waals surface area contributed by atoms with E-state index in [-0.39, 0.29) is 11.4 Å². The van der Waals surface area contributed by atoms with Crippen molar-refractivity contribution in [2.45, 2.75) is 6.61 Å². The summed E-state index contributed by atoms with van der Waals surface area (Å²) in [7, 11) is 0. The number of nitrogens with one attached hydrogen (secondary N) is 2. The summed E-state index contributed by atoms with van der Waals surface area (Å²) in [5, 5.41) is 2.64. The second kappa shape index (κ2) is 7.27. The zero-order valence-corrected chi connectivity index (χ0v) is 13.6. The molecular formula is C17H13F2N3O2S. The molecule has 25 heavy (non-hydrogen) atoms. The molecule has 0 fully saturated rings. The zero-order chi connectivity index (χ0) is 17.8. The minimum absolute atomic E-state index is 0.0400. The van der Waals surface area contributed by atoms with Crippen molar-refractivity contribution >= 4 is 23.8 Å². The van der Waals surface area contributed by atoms with Crippen LogP contribution < -0.4 is 10.1 Å². The van der Waals surface area contributed by atoms with Gasteiger partial charge in [-0.15, -0.1) is 0 Å². The molecule has 1 amide bonds. The van der Waals surface area contributed by atoms with Crippen LogP contribution in [0, 0.1) is 4.77 Å². The van der Waals surface area contributed by atoms with Gasteiger partial charge in [-0.3, -0.25) is 9.36 Å². The van der Waals surface area contributed by atoms with Crippen LogP contribution >= 0.6 is 12.2 Å². The third kappa shape index (κ3) is 3.92. The van der Waals surface area contributed by atoms with Crippen LogP contribution in [-0.2, 0) is 0 Å². The van der Waals surface area contributed by atoms with E-state index in [2.05, 4.69) is 15.0 Å². The number of carbonyl (C=O) groups excluding carboxylic acids is 1. The number of amides is 1. The molecular weight excluding hydrogens is 348 g/mol. The van der Waals surface area contributed by atoms with E-state index in [0.717, 1.165) is 5.69 Å². The first kappa shape index (κ1) is 16.8.